The van der Waals surface area contributed by atoms with Crippen LogP contribution in [-0.4, -0.2) is 58.8 Å². The molecule has 1 atom stereocenters. The molecule has 0 aromatic carbocycles. The average molecular weight is 373 g/mol. The zero-order chi connectivity index (χ0) is 18.6. The molecule has 1 unspecified atom stereocenters. The first kappa shape index (κ1) is 19.1. The molecule has 0 spiro atoms. The number of nitrogens with zero attached hydrogens (tertiary/aromatic N) is 4. The standard InChI is InChI=1S/C22H36N4O/c1-24-12-5-4-7-20(24)11-15-25-13-9-18(10-14-25)17-26-22(27)16-19-6-2-3-8-21(19)23-26/h16,18,20H,2-15,17H2,1H3. The molecule has 1 aromatic heterocycles. The predicted molar refractivity (Wildman–Crippen MR) is 109 cm³/mol. The van der Waals surface area contributed by atoms with Crippen molar-refractivity contribution in [2.45, 2.75) is 76.8 Å². The highest BCUT2D eigenvalue weighted by molar-refractivity contribution is 5.20. The average Bonchev–Trinajstić information content (AvgIpc) is 2.69. The Balaban J connectivity index is 1.25. The normalized spacial score (nSPS) is 25.4. The second-order valence-corrected chi connectivity index (χ2v) is 9.05. The zero-order valence-corrected chi connectivity index (χ0v) is 17.0. The Labute approximate surface area is 163 Å². The number of hydrogen-bond donors (Lipinski definition) is 0. The van der Waals surface area contributed by atoms with Crippen molar-refractivity contribution in [3.63, 3.8) is 0 Å². The minimum Gasteiger partial charge on any atom is -0.303 e. The summed E-state index contributed by atoms with van der Waals surface area (Å²) in [5.74, 6) is 0.602. The van der Waals surface area contributed by atoms with Crippen LogP contribution in [-0.2, 0) is 19.4 Å². The predicted octanol–water partition coefficient (Wildman–Crippen LogP) is 2.71. The molecule has 0 N–H and O–H groups in total. The lowest BCUT2D eigenvalue weighted by atomic mass is 9.95. The van der Waals surface area contributed by atoms with Crippen molar-refractivity contribution in [3.05, 3.63) is 27.7 Å². The van der Waals surface area contributed by atoms with Crippen molar-refractivity contribution in [3.8, 4) is 0 Å². The Bertz CT molecular complexity index is 677. The number of likely N-dealkylation sites (tertiary alicyclic amines) is 2. The van der Waals surface area contributed by atoms with Crippen molar-refractivity contribution in [1.29, 1.82) is 0 Å². The van der Waals surface area contributed by atoms with Gasteiger partial charge in [-0.15, -0.1) is 0 Å². The van der Waals surface area contributed by atoms with Gasteiger partial charge in [0.05, 0.1) is 5.69 Å². The lowest BCUT2D eigenvalue weighted by Gasteiger charge is -2.36. The molecule has 27 heavy (non-hydrogen) atoms. The highest BCUT2D eigenvalue weighted by Crippen LogP contribution is 2.22. The van der Waals surface area contributed by atoms with Crippen LogP contribution in [0.2, 0.25) is 0 Å². The molecule has 5 nitrogen and oxygen atoms in total. The Hall–Kier alpha value is -1.20. The van der Waals surface area contributed by atoms with Crippen LogP contribution in [0.15, 0.2) is 10.9 Å². The van der Waals surface area contributed by atoms with Crippen molar-refractivity contribution in [1.82, 2.24) is 19.6 Å². The largest absolute Gasteiger partial charge is 0.303 e. The molecule has 0 bridgehead atoms. The summed E-state index contributed by atoms with van der Waals surface area (Å²) >= 11 is 0. The Kier molecular flexibility index (Phi) is 6.28. The summed E-state index contributed by atoms with van der Waals surface area (Å²) in [5.41, 5.74) is 2.48. The van der Waals surface area contributed by atoms with Gasteiger partial charge in [-0.1, -0.05) is 6.42 Å². The van der Waals surface area contributed by atoms with Gasteiger partial charge in [0.2, 0.25) is 0 Å². The number of piperidine rings is 2. The Morgan fingerprint density at radius 1 is 1.04 bits per heavy atom. The van der Waals surface area contributed by atoms with Crippen LogP contribution in [0.5, 0.6) is 0 Å². The van der Waals surface area contributed by atoms with Crippen LogP contribution in [0.25, 0.3) is 0 Å². The maximum absolute atomic E-state index is 12.4. The van der Waals surface area contributed by atoms with Crippen molar-refractivity contribution in [2.75, 3.05) is 33.2 Å². The van der Waals surface area contributed by atoms with Crippen molar-refractivity contribution >= 4 is 0 Å². The van der Waals surface area contributed by atoms with Crippen LogP contribution in [0, 0.1) is 5.92 Å². The van der Waals surface area contributed by atoms with E-state index in [0.717, 1.165) is 25.4 Å². The summed E-state index contributed by atoms with van der Waals surface area (Å²) in [4.78, 5) is 17.6. The molecular weight excluding hydrogens is 336 g/mol. The molecule has 150 valence electrons. The molecule has 4 rings (SSSR count). The fourth-order valence-corrected chi connectivity index (χ4v) is 5.21. The first-order valence-electron chi connectivity index (χ1n) is 11.2. The minimum absolute atomic E-state index is 0.110. The van der Waals surface area contributed by atoms with E-state index in [1.807, 2.05) is 6.07 Å². The number of rotatable bonds is 5. The van der Waals surface area contributed by atoms with Gasteiger partial charge in [-0.25, -0.2) is 4.68 Å². The highest BCUT2D eigenvalue weighted by atomic mass is 16.1. The SMILES string of the molecule is CN1CCCCC1CCN1CCC(Cn2nc3c(cc2=O)CCCC3)CC1. The maximum Gasteiger partial charge on any atom is 0.267 e. The quantitative estimate of drug-likeness (QED) is 0.797. The number of hydrogen-bond acceptors (Lipinski definition) is 4. The highest BCUT2D eigenvalue weighted by Gasteiger charge is 2.24. The lowest BCUT2D eigenvalue weighted by molar-refractivity contribution is 0.128. The van der Waals surface area contributed by atoms with Gasteiger partial charge in [0, 0.05) is 18.7 Å². The molecule has 3 aliphatic rings. The summed E-state index contributed by atoms with van der Waals surface area (Å²) in [6.45, 7) is 5.68. The molecule has 1 aromatic rings. The maximum atomic E-state index is 12.4. The van der Waals surface area contributed by atoms with Crippen LogP contribution in [0.4, 0.5) is 0 Å². The second kappa shape index (κ2) is 8.87. The smallest absolute Gasteiger partial charge is 0.267 e. The van der Waals surface area contributed by atoms with E-state index in [4.69, 9.17) is 5.10 Å². The molecule has 2 fully saturated rings. The van der Waals surface area contributed by atoms with Gasteiger partial charge in [-0.3, -0.25) is 4.79 Å². The van der Waals surface area contributed by atoms with E-state index in [0.29, 0.717) is 5.92 Å². The molecule has 0 amide bonds. The van der Waals surface area contributed by atoms with Crippen LogP contribution >= 0.6 is 0 Å². The minimum atomic E-state index is 0.110. The zero-order valence-electron chi connectivity index (χ0n) is 17.0. The van der Waals surface area contributed by atoms with E-state index in [-0.39, 0.29) is 5.56 Å². The van der Waals surface area contributed by atoms with Gasteiger partial charge in [0.1, 0.15) is 0 Å². The van der Waals surface area contributed by atoms with Gasteiger partial charge in [-0.05, 0) is 102 Å². The molecule has 0 saturated carbocycles. The number of fused-ring (bicyclic) bond motifs is 1. The van der Waals surface area contributed by atoms with Gasteiger partial charge in [0.15, 0.2) is 0 Å². The number of aromatic nitrogens is 2. The molecule has 0 radical (unpaired) electrons. The van der Waals surface area contributed by atoms with E-state index in [9.17, 15) is 4.79 Å². The first-order chi connectivity index (χ1) is 13.2. The van der Waals surface area contributed by atoms with E-state index >= 15 is 0 Å². The first-order valence-corrected chi connectivity index (χ1v) is 11.2. The lowest BCUT2D eigenvalue weighted by Crippen LogP contribution is -2.41. The van der Waals surface area contributed by atoms with Gasteiger partial charge in [0.25, 0.3) is 5.56 Å². The summed E-state index contributed by atoms with van der Waals surface area (Å²) in [6.07, 6.45) is 12.4. The molecule has 3 heterocycles. The van der Waals surface area contributed by atoms with Crippen LogP contribution in [0.3, 0.4) is 0 Å². The number of aryl methyl sites for hydroxylation is 2. The van der Waals surface area contributed by atoms with Crippen molar-refractivity contribution < 1.29 is 0 Å². The Morgan fingerprint density at radius 3 is 2.67 bits per heavy atom. The summed E-state index contributed by atoms with van der Waals surface area (Å²) in [5, 5.41) is 4.72. The fourth-order valence-electron chi connectivity index (χ4n) is 5.21. The van der Waals surface area contributed by atoms with Gasteiger partial charge >= 0.3 is 0 Å². The van der Waals surface area contributed by atoms with Gasteiger partial charge in [-0.2, -0.15) is 5.10 Å². The van der Waals surface area contributed by atoms with Crippen molar-refractivity contribution in [2.24, 2.45) is 5.92 Å². The summed E-state index contributed by atoms with van der Waals surface area (Å²) < 4.78 is 1.77. The Morgan fingerprint density at radius 2 is 1.85 bits per heavy atom. The third kappa shape index (κ3) is 4.80. The molecular formula is C22H36N4O. The molecule has 1 aliphatic carbocycles. The van der Waals surface area contributed by atoms with Crippen LogP contribution in [0.1, 0.15) is 62.6 Å². The molecule has 2 aliphatic heterocycles. The molecule has 5 heteroatoms. The van der Waals surface area contributed by atoms with Gasteiger partial charge < -0.3 is 9.80 Å². The van der Waals surface area contributed by atoms with E-state index in [1.54, 1.807) is 4.68 Å². The molecule has 2 saturated heterocycles. The third-order valence-electron chi connectivity index (χ3n) is 7.11. The summed E-state index contributed by atoms with van der Waals surface area (Å²) in [6, 6.07) is 2.65. The third-order valence-corrected chi connectivity index (χ3v) is 7.11. The van der Waals surface area contributed by atoms with E-state index < -0.39 is 0 Å². The summed E-state index contributed by atoms with van der Waals surface area (Å²) in [7, 11) is 2.29. The van der Waals surface area contributed by atoms with Crippen LogP contribution < -0.4 is 5.56 Å². The second-order valence-electron chi connectivity index (χ2n) is 9.05. The topological polar surface area (TPSA) is 41.4 Å². The van der Waals surface area contributed by atoms with E-state index in [1.165, 1.54) is 88.8 Å². The monoisotopic (exact) mass is 372 g/mol. The fraction of sp³-hybridized carbons (Fsp3) is 0.818. The van der Waals surface area contributed by atoms with E-state index in [2.05, 4.69) is 16.8 Å².